The summed E-state index contributed by atoms with van der Waals surface area (Å²) in [6.07, 6.45) is 3.62. The molecule has 2 fully saturated rings. The van der Waals surface area contributed by atoms with Crippen molar-refractivity contribution in [2.75, 3.05) is 18.0 Å². The van der Waals surface area contributed by atoms with Crippen LogP contribution < -0.4 is 10.5 Å². The minimum absolute atomic E-state index is 0.0551. The van der Waals surface area contributed by atoms with Crippen molar-refractivity contribution in [1.29, 1.82) is 0 Å². The van der Waals surface area contributed by atoms with Crippen molar-refractivity contribution in [1.82, 2.24) is 24.4 Å². The molecule has 2 atom stereocenters. The first kappa shape index (κ1) is 18.4. The van der Waals surface area contributed by atoms with Crippen LogP contribution in [0.1, 0.15) is 27.2 Å². The third-order valence-electron chi connectivity index (χ3n) is 5.08. The molecule has 148 valence electrons. The molecule has 9 nitrogen and oxygen atoms in total. The number of rotatable bonds is 2. The molecule has 0 N–H and O–H groups in total. The van der Waals surface area contributed by atoms with Crippen LogP contribution >= 0.6 is 0 Å². The van der Waals surface area contributed by atoms with Crippen LogP contribution in [-0.2, 0) is 11.8 Å². The first-order valence-electron chi connectivity index (χ1n) is 9.33. The van der Waals surface area contributed by atoms with E-state index >= 15 is 0 Å². The van der Waals surface area contributed by atoms with Crippen LogP contribution in [0, 0.1) is 0 Å². The Morgan fingerprint density at radius 2 is 2.00 bits per heavy atom. The zero-order valence-electron chi connectivity index (χ0n) is 16.5. The summed E-state index contributed by atoms with van der Waals surface area (Å²) < 4.78 is 7.06. The molecule has 0 aliphatic carbocycles. The van der Waals surface area contributed by atoms with Gasteiger partial charge in [-0.2, -0.15) is 0 Å². The summed E-state index contributed by atoms with van der Waals surface area (Å²) in [5.74, 6) is 0.595. The normalized spacial score (nSPS) is 21.3. The van der Waals surface area contributed by atoms with Gasteiger partial charge in [-0.25, -0.2) is 19.7 Å². The maximum atomic E-state index is 12.5. The Labute approximate surface area is 163 Å². The number of carbonyl (C=O) groups is 1. The van der Waals surface area contributed by atoms with Crippen LogP contribution in [0.15, 0.2) is 29.5 Å². The first-order chi connectivity index (χ1) is 13.2. The summed E-state index contributed by atoms with van der Waals surface area (Å²) in [5, 5.41) is 0. The molecule has 0 aromatic carbocycles. The topological polar surface area (TPSA) is 93.4 Å². The van der Waals surface area contributed by atoms with Crippen molar-refractivity contribution in [2.24, 2.45) is 7.05 Å². The average Bonchev–Trinajstić information content (AvgIpc) is 3.24. The van der Waals surface area contributed by atoms with Gasteiger partial charge in [0.25, 0.3) is 5.56 Å². The van der Waals surface area contributed by atoms with Crippen molar-refractivity contribution < 1.29 is 9.53 Å². The third kappa shape index (κ3) is 3.32. The molecule has 2 aromatic rings. The van der Waals surface area contributed by atoms with Crippen LogP contribution in [0.4, 0.5) is 10.7 Å². The van der Waals surface area contributed by atoms with E-state index in [-0.39, 0.29) is 23.7 Å². The van der Waals surface area contributed by atoms with Crippen LogP contribution in [0.2, 0.25) is 0 Å². The van der Waals surface area contributed by atoms with Crippen molar-refractivity contribution >= 4 is 12.0 Å². The lowest BCUT2D eigenvalue weighted by Gasteiger charge is -2.36. The summed E-state index contributed by atoms with van der Waals surface area (Å²) in [6.45, 7) is 6.78. The molecule has 0 spiro atoms. The predicted molar refractivity (Wildman–Crippen MR) is 103 cm³/mol. The molecule has 2 bridgehead atoms. The monoisotopic (exact) mass is 384 g/mol. The molecular formula is C19H24N6O3. The minimum atomic E-state index is -0.518. The van der Waals surface area contributed by atoms with E-state index in [0.717, 1.165) is 6.42 Å². The van der Waals surface area contributed by atoms with Crippen LogP contribution in [0.5, 0.6) is 0 Å². The molecule has 4 heterocycles. The molecule has 2 aliphatic rings. The SMILES string of the molecule is Cn1c(N2CC3CC2CN3C(=O)OC(C)(C)C)nc(-c2ccncn2)cc1=O. The lowest BCUT2D eigenvalue weighted by Crippen LogP contribution is -2.51. The number of amides is 1. The van der Waals surface area contributed by atoms with Gasteiger partial charge in [0.2, 0.25) is 5.95 Å². The highest BCUT2D eigenvalue weighted by atomic mass is 16.6. The second-order valence-electron chi connectivity index (χ2n) is 8.26. The van der Waals surface area contributed by atoms with Crippen molar-refractivity contribution in [2.45, 2.75) is 44.9 Å². The Balaban J connectivity index is 1.58. The van der Waals surface area contributed by atoms with Gasteiger partial charge in [-0.15, -0.1) is 0 Å². The van der Waals surface area contributed by atoms with Gasteiger partial charge < -0.3 is 14.5 Å². The van der Waals surface area contributed by atoms with Crippen LogP contribution in [0.3, 0.4) is 0 Å². The van der Waals surface area contributed by atoms with Gasteiger partial charge in [0.05, 0.1) is 23.5 Å². The van der Waals surface area contributed by atoms with Gasteiger partial charge in [0.15, 0.2) is 0 Å². The van der Waals surface area contributed by atoms with E-state index in [4.69, 9.17) is 9.72 Å². The number of likely N-dealkylation sites (tertiary alicyclic amines) is 1. The largest absolute Gasteiger partial charge is 0.444 e. The summed E-state index contributed by atoms with van der Waals surface area (Å²) in [7, 11) is 1.71. The summed E-state index contributed by atoms with van der Waals surface area (Å²) in [4.78, 5) is 41.7. The Bertz CT molecular complexity index is 952. The smallest absolute Gasteiger partial charge is 0.410 e. The standard InChI is InChI=1S/C19H24N6O3/c1-19(2,3)28-18(27)25-10-12-7-13(25)9-24(12)17-22-15(8-16(26)23(17)4)14-5-6-20-11-21-14/h5-6,8,11-13H,7,9-10H2,1-4H3. The Morgan fingerprint density at radius 3 is 2.61 bits per heavy atom. The van der Waals surface area contributed by atoms with Crippen molar-refractivity contribution in [3.8, 4) is 11.4 Å². The Morgan fingerprint density at radius 1 is 1.21 bits per heavy atom. The summed E-state index contributed by atoms with van der Waals surface area (Å²) >= 11 is 0. The zero-order valence-corrected chi connectivity index (χ0v) is 16.5. The number of nitrogens with zero attached hydrogens (tertiary/aromatic N) is 6. The fourth-order valence-corrected chi connectivity index (χ4v) is 3.81. The van der Waals surface area contributed by atoms with Gasteiger partial charge in [-0.3, -0.25) is 9.36 Å². The van der Waals surface area contributed by atoms with E-state index in [0.29, 0.717) is 30.4 Å². The molecule has 0 saturated carbocycles. The fourth-order valence-electron chi connectivity index (χ4n) is 3.81. The third-order valence-corrected chi connectivity index (χ3v) is 5.08. The van der Waals surface area contributed by atoms with Gasteiger partial charge >= 0.3 is 6.09 Å². The van der Waals surface area contributed by atoms with Gasteiger partial charge in [0, 0.05) is 32.4 Å². The molecule has 1 amide bonds. The van der Waals surface area contributed by atoms with E-state index in [9.17, 15) is 9.59 Å². The summed E-state index contributed by atoms with van der Waals surface area (Å²) in [5.41, 5.74) is 0.460. The van der Waals surface area contributed by atoms with E-state index in [1.165, 1.54) is 12.4 Å². The molecule has 0 radical (unpaired) electrons. The Kier molecular flexibility index (Phi) is 4.32. The number of aromatic nitrogens is 4. The second kappa shape index (κ2) is 6.57. The number of piperazine rings is 1. The van der Waals surface area contributed by atoms with Crippen molar-refractivity contribution in [3.63, 3.8) is 0 Å². The quantitative estimate of drug-likeness (QED) is 0.773. The number of hydrogen-bond acceptors (Lipinski definition) is 7. The molecule has 2 aliphatic heterocycles. The summed E-state index contributed by atoms with van der Waals surface area (Å²) in [6, 6.07) is 3.37. The number of carbonyl (C=O) groups excluding carboxylic acids is 1. The molecule has 28 heavy (non-hydrogen) atoms. The van der Waals surface area contributed by atoms with E-state index in [1.54, 1.807) is 28.8 Å². The molecule has 4 rings (SSSR count). The molecular weight excluding hydrogens is 360 g/mol. The highest BCUT2D eigenvalue weighted by Crippen LogP contribution is 2.34. The number of anilines is 1. The highest BCUT2D eigenvalue weighted by molar-refractivity contribution is 5.70. The zero-order chi connectivity index (χ0) is 20.1. The minimum Gasteiger partial charge on any atom is -0.444 e. The highest BCUT2D eigenvalue weighted by Gasteiger charge is 2.47. The van der Waals surface area contributed by atoms with Crippen LogP contribution in [-0.4, -0.2) is 61.3 Å². The lowest BCUT2D eigenvalue weighted by atomic mass is 10.2. The van der Waals surface area contributed by atoms with Crippen molar-refractivity contribution in [3.05, 3.63) is 35.0 Å². The van der Waals surface area contributed by atoms with E-state index in [1.807, 2.05) is 20.8 Å². The maximum absolute atomic E-state index is 12.5. The van der Waals surface area contributed by atoms with Gasteiger partial charge in [0.1, 0.15) is 11.9 Å². The second-order valence-corrected chi connectivity index (χ2v) is 8.26. The molecule has 2 aromatic heterocycles. The first-order valence-corrected chi connectivity index (χ1v) is 9.33. The molecule has 2 saturated heterocycles. The average molecular weight is 384 g/mol. The fraction of sp³-hybridized carbons (Fsp3) is 0.526. The molecule has 9 heteroatoms. The number of fused-ring (bicyclic) bond motifs is 2. The maximum Gasteiger partial charge on any atom is 0.410 e. The van der Waals surface area contributed by atoms with Crippen LogP contribution in [0.25, 0.3) is 11.4 Å². The number of ether oxygens (including phenoxy) is 1. The number of hydrogen-bond donors (Lipinski definition) is 0. The van der Waals surface area contributed by atoms with Gasteiger partial charge in [-0.05, 0) is 33.3 Å². The lowest BCUT2D eigenvalue weighted by molar-refractivity contribution is 0.0214. The Hall–Kier alpha value is -2.97. The van der Waals surface area contributed by atoms with E-state index < -0.39 is 5.60 Å². The predicted octanol–water partition coefficient (Wildman–Crippen LogP) is 1.44. The molecule has 2 unspecified atom stereocenters. The van der Waals surface area contributed by atoms with Gasteiger partial charge in [-0.1, -0.05) is 0 Å². The van der Waals surface area contributed by atoms with E-state index in [2.05, 4.69) is 14.9 Å².